The number of esters is 1. The predicted molar refractivity (Wildman–Crippen MR) is 59.8 cm³/mol. The first-order valence-electron chi connectivity index (χ1n) is 5.50. The second-order valence-corrected chi connectivity index (χ2v) is 3.83. The van der Waals surface area contributed by atoms with Gasteiger partial charge in [0.2, 0.25) is 0 Å². The van der Waals surface area contributed by atoms with Crippen LogP contribution in [0.3, 0.4) is 0 Å². The summed E-state index contributed by atoms with van der Waals surface area (Å²) in [5.41, 5.74) is 0. The summed E-state index contributed by atoms with van der Waals surface area (Å²) in [5.74, 6) is -0.214. The average molecular weight is 217 g/mol. The molecule has 0 aliphatic carbocycles. The summed E-state index contributed by atoms with van der Waals surface area (Å²) in [4.78, 5) is 11.0. The van der Waals surface area contributed by atoms with Gasteiger partial charge in [0.15, 0.2) is 0 Å². The SMILES string of the molecule is COC(=O)C(C)NCCCCOC(C)C. The molecule has 4 heteroatoms. The van der Waals surface area contributed by atoms with Gasteiger partial charge in [-0.05, 0) is 40.2 Å². The van der Waals surface area contributed by atoms with E-state index in [-0.39, 0.29) is 12.0 Å². The van der Waals surface area contributed by atoms with Crippen LogP contribution in [0.2, 0.25) is 0 Å². The number of hydrogen-bond acceptors (Lipinski definition) is 4. The van der Waals surface area contributed by atoms with Crippen molar-refractivity contribution in [3.63, 3.8) is 0 Å². The van der Waals surface area contributed by atoms with Gasteiger partial charge in [0.05, 0.1) is 13.2 Å². The number of hydrogen-bond donors (Lipinski definition) is 1. The molecule has 15 heavy (non-hydrogen) atoms. The van der Waals surface area contributed by atoms with Crippen molar-refractivity contribution >= 4 is 5.97 Å². The average Bonchev–Trinajstić information content (AvgIpc) is 2.21. The van der Waals surface area contributed by atoms with Crippen molar-refractivity contribution in [2.45, 2.75) is 45.8 Å². The first-order valence-corrected chi connectivity index (χ1v) is 5.50. The maximum absolute atomic E-state index is 11.0. The van der Waals surface area contributed by atoms with Crippen LogP contribution in [-0.4, -0.2) is 38.4 Å². The smallest absolute Gasteiger partial charge is 0.322 e. The van der Waals surface area contributed by atoms with Gasteiger partial charge in [-0.2, -0.15) is 0 Å². The van der Waals surface area contributed by atoms with Crippen LogP contribution in [-0.2, 0) is 14.3 Å². The highest BCUT2D eigenvalue weighted by atomic mass is 16.5. The summed E-state index contributed by atoms with van der Waals surface area (Å²) in [7, 11) is 1.40. The molecule has 0 aromatic rings. The van der Waals surface area contributed by atoms with Crippen molar-refractivity contribution in [3.8, 4) is 0 Å². The van der Waals surface area contributed by atoms with Gasteiger partial charge in [-0.25, -0.2) is 0 Å². The van der Waals surface area contributed by atoms with E-state index < -0.39 is 0 Å². The van der Waals surface area contributed by atoms with Gasteiger partial charge in [-0.15, -0.1) is 0 Å². The topological polar surface area (TPSA) is 47.6 Å². The second kappa shape index (κ2) is 8.68. The van der Waals surface area contributed by atoms with E-state index in [0.717, 1.165) is 26.0 Å². The molecule has 0 aromatic carbocycles. The Balaban J connectivity index is 3.27. The highest BCUT2D eigenvalue weighted by Gasteiger charge is 2.10. The Hall–Kier alpha value is -0.610. The minimum atomic E-state index is -0.221. The van der Waals surface area contributed by atoms with Crippen LogP contribution in [0.25, 0.3) is 0 Å². The lowest BCUT2D eigenvalue weighted by atomic mass is 10.3. The molecule has 1 unspecified atom stereocenters. The van der Waals surface area contributed by atoms with Gasteiger partial charge in [-0.3, -0.25) is 4.79 Å². The number of ether oxygens (including phenoxy) is 2. The fraction of sp³-hybridized carbons (Fsp3) is 0.909. The minimum absolute atomic E-state index is 0.214. The summed E-state index contributed by atoms with van der Waals surface area (Å²) in [6, 6.07) is -0.221. The molecule has 1 atom stereocenters. The highest BCUT2D eigenvalue weighted by molar-refractivity contribution is 5.74. The monoisotopic (exact) mass is 217 g/mol. The minimum Gasteiger partial charge on any atom is -0.468 e. The summed E-state index contributed by atoms with van der Waals surface area (Å²) in [6.45, 7) is 7.45. The van der Waals surface area contributed by atoms with Gasteiger partial charge in [0.1, 0.15) is 6.04 Å². The third-order valence-corrected chi connectivity index (χ3v) is 2.03. The van der Waals surface area contributed by atoms with Crippen molar-refractivity contribution in [1.29, 1.82) is 0 Å². The molecule has 1 N–H and O–H groups in total. The third kappa shape index (κ3) is 8.39. The number of unbranched alkanes of at least 4 members (excludes halogenated alkanes) is 1. The van der Waals surface area contributed by atoms with E-state index >= 15 is 0 Å². The lowest BCUT2D eigenvalue weighted by molar-refractivity contribution is -0.142. The van der Waals surface area contributed by atoms with E-state index in [1.165, 1.54) is 7.11 Å². The Morgan fingerprint density at radius 1 is 1.27 bits per heavy atom. The molecule has 0 bridgehead atoms. The lowest BCUT2D eigenvalue weighted by Crippen LogP contribution is -2.35. The summed E-state index contributed by atoms with van der Waals surface area (Å²) < 4.78 is 9.99. The van der Waals surface area contributed by atoms with Crippen molar-refractivity contribution in [3.05, 3.63) is 0 Å². The van der Waals surface area contributed by atoms with E-state index in [2.05, 4.69) is 10.1 Å². The van der Waals surface area contributed by atoms with Gasteiger partial charge >= 0.3 is 5.97 Å². The number of methoxy groups -OCH3 is 1. The quantitative estimate of drug-likeness (QED) is 0.492. The van der Waals surface area contributed by atoms with Crippen molar-refractivity contribution < 1.29 is 14.3 Å². The lowest BCUT2D eigenvalue weighted by Gasteiger charge is -2.11. The Kier molecular flexibility index (Phi) is 8.33. The number of rotatable bonds is 8. The second-order valence-electron chi connectivity index (χ2n) is 3.83. The van der Waals surface area contributed by atoms with Crippen LogP contribution < -0.4 is 5.32 Å². The molecule has 90 valence electrons. The molecule has 0 rings (SSSR count). The van der Waals surface area contributed by atoms with Crippen LogP contribution in [0.4, 0.5) is 0 Å². The van der Waals surface area contributed by atoms with Crippen molar-refractivity contribution in [2.75, 3.05) is 20.3 Å². The van der Waals surface area contributed by atoms with Gasteiger partial charge in [0, 0.05) is 6.61 Å². The van der Waals surface area contributed by atoms with Crippen molar-refractivity contribution in [2.24, 2.45) is 0 Å². The van der Waals surface area contributed by atoms with E-state index in [1.807, 2.05) is 13.8 Å². The molecule has 0 heterocycles. The van der Waals surface area contributed by atoms with Gasteiger partial charge < -0.3 is 14.8 Å². The fourth-order valence-electron chi connectivity index (χ4n) is 1.12. The Morgan fingerprint density at radius 3 is 2.47 bits per heavy atom. The number of carbonyl (C=O) groups is 1. The summed E-state index contributed by atoms with van der Waals surface area (Å²) >= 11 is 0. The van der Waals surface area contributed by atoms with Gasteiger partial charge in [-0.1, -0.05) is 0 Å². The zero-order valence-corrected chi connectivity index (χ0v) is 10.2. The molecule has 0 fully saturated rings. The van der Waals surface area contributed by atoms with Crippen LogP contribution in [0.15, 0.2) is 0 Å². The summed E-state index contributed by atoms with van der Waals surface area (Å²) in [6.07, 6.45) is 2.32. The largest absolute Gasteiger partial charge is 0.468 e. The third-order valence-electron chi connectivity index (χ3n) is 2.03. The maximum Gasteiger partial charge on any atom is 0.322 e. The predicted octanol–water partition coefficient (Wildman–Crippen LogP) is 1.34. The van der Waals surface area contributed by atoms with E-state index in [9.17, 15) is 4.79 Å². The van der Waals surface area contributed by atoms with Gasteiger partial charge in [0.25, 0.3) is 0 Å². The van der Waals surface area contributed by atoms with Crippen LogP contribution in [0.5, 0.6) is 0 Å². The first kappa shape index (κ1) is 14.4. The number of nitrogens with one attached hydrogen (secondary N) is 1. The molecule has 0 aliphatic heterocycles. The van der Waals surface area contributed by atoms with Crippen LogP contribution in [0, 0.1) is 0 Å². The Bertz CT molecular complexity index is 171. The van der Waals surface area contributed by atoms with E-state index in [1.54, 1.807) is 6.92 Å². The van der Waals surface area contributed by atoms with Crippen LogP contribution >= 0.6 is 0 Å². The molecular weight excluding hydrogens is 194 g/mol. The molecule has 0 saturated heterocycles. The molecule has 0 radical (unpaired) electrons. The van der Waals surface area contributed by atoms with E-state index in [0.29, 0.717) is 6.10 Å². The standard InChI is InChI=1S/C11H23NO3/c1-9(2)15-8-6-5-7-12-10(3)11(13)14-4/h9-10,12H,5-8H2,1-4H3. The van der Waals surface area contributed by atoms with Crippen LogP contribution in [0.1, 0.15) is 33.6 Å². The van der Waals surface area contributed by atoms with E-state index in [4.69, 9.17) is 4.74 Å². The normalized spacial score (nSPS) is 12.9. The molecule has 0 amide bonds. The molecule has 0 spiro atoms. The Labute approximate surface area is 92.3 Å². The maximum atomic E-state index is 11.0. The number of carbonyl (C=O) groups excluding carboxylic acids is 1. The molecule has 0 aromatic heterocycles. The molecule has 0 aliphatic rings. The summed E-state index contributed by atoms with van der Waals surface area (Å²) in [5, 5.41) is 3.09. The van der Waals surface area contributed by atoms with Crippen molar-refractivity contribution in [1.82, 2.24) is 5.32 Å². The highest BCUT2D eigenvalue weighted by Crippen LogP contribution is 1.94. The zero-order valence-electron chi connectivity index (χ0n) is 10.2. The molecular formula is C11H23NO3. The first-order chi connectivity index (χ1) is 7.07. The Morgan fingerprint density at radius 2 is 1.93 bits per heavy atom. The zero-order chi connectivity index (χ0) is 11.7. The molecule has 0 saturated carbocycles. The molecule has 4 nitrogen and oxygen atoms in total. The fourth-order valence-corrected chi connectivity index (χ4v) is 1.12.